The predicted molar refractivity (Wildman–Crippen MR) is 106 cm³/mol. The summed E-state index contributed by atoms with van der Waals surface area (Å²) in [5.74, 6) is 2.54. The number of piperidine rings is 1. The molecule has 2 fully saturated rings. The lowest BCUT2D eigenvalue weighted by Crippen LogP contribution is -2.45. The molecule has 1 saturated carbocycles. The van der Waals surface area contributed by atoms with E-state index in [2.05, 4.69) is 11.8 Å². The average molecular weight is 394 g/mol. The van der Waals surface area contributed by atoms with Crippen LogP contribution < -0.4 is 4.90 Å². The van der Waals surface area contributed by atoms with Gasteiger partial charge in [-0.1, -0.05) is 6.42 Å². The molecule has 0 spiro atoms. The third-order valence-electron chi connectivity index (χ3n) is 6.05. The van der Waals surface area contributed by atoms with Gasteiger partial charge in [0.05, 0.1) is 6.04 Å². The first-order valence-electron chi connectivity index (χ1n) is 10.2. The Morgan fingerprint density at radius 1 is 1.07 bits per heavy atom. The van der Waals surface area contributed by atoms with Gasteiger partial charge in [-0.15, -0.1) is 0 Å². The number of fused-ring (bicyclic) bond motifs is 1. The molecule has 0 aromatic carbocycles. The van der Waals surface area contributed by atoms with Gasteiger partial charge >= 0.3 is 0 Å². The molecule has 1 aromatic heterocycles. The number of aryl methyl sites for hydroxylation is 1. The van der Waals surface area contributed by atoms with Crippen LogP contribution in [0.3, 0.4) is 0 Å². The molecule has 0 radical (unpaired) electrons. The van der Waals surface area contributed by atoms with Crippen molar-refractivity contribution in [3.63, 3.8) is 0 Å². The molecule has 1 aromatic rings. The van der Waals surface area contributed by atoms with E-state index in [0.717, 1.165) is 62.6 Å². The van der Waals surface area contributed by atoms with Gasteiger partial charge in [-0.2, -0.15) is 17.0 Å². The van der Waals surface area contributed by atoms with Gasteiger partial charge in [0.25, 0.3) is 10.2 Å². The van der Waals surface area contributed by atoms with Crippen LogP contribution in [0, 0.1) is 12.8 Å². The Hall–Kier alpha value is -1.25. The van der Waals surface area contributed by atoms with Crippen molar-refractivity contribution in [1.82, 2.24) is 18.6 Å². The first-order chi connectivity index (χ1) is 12.9. The lowest BCUT2D eigenvalue weighted by atomic mass is 10.0. The fraction of sp³-hybridized carbons (Fsp3) is 0.789. The van der Waals surface area contributed by atoms with Crippen LogP contribution in [0.5, 0.6) is 0 Å². The largest absolute Gasteiger partial charge is 0.356 e. The van der Waals surface area contributed by atoms with Crippen molar-refractivity contribution >= 4 is 16.0 Å². The smallest absolute Gasteiger partial charge is 0.282 e. The summed E-state index contributed by atoms with van der Waals surface area (Å²) in [5, 5.41) is 0. The molecule has 3 heterocycles. The molecule has 1 atom stereocenters. The van der Waals surface area contributed by atoms with E-state index in [-0.39, 0.29) is 6.04 Å². The molecule has 0 N–H and O–H groups in total. The van der Waals surface area contributed by atoms with Gasteiger partial charge in [0, 0.05) is 45.0 Å². The van der Waals surface area contributed by atoms with Crippen LogP contribution in [-0.2, 0) is 16.6 Å². The molecule has 150 valence electrons. The molecule has 3 aliphatic rings. The topological polar surface area (TPSA) is 69.6 Å². The number of nitrogens with zero attached hydrogens (tertiary/aromatic N) is 5. The summed E-state index contributed by atoms with van der Waals surface area (Å²) in [6.45, 7) is 4.71. The van der Waals surface area contributed by atoms with E-state index < -0.39 is 10.2 Å². The highest BCUT2D eigenvalue weighted by Crippen LogP contribution is 2.37. The Labute approximate surface area is 163 Å². The molecule has 0 amide bonds. The molecular formula is C19H31N5O2S. The Bertz CT molecular complexity index is 807. The van der Waals surface area contributed by atoms with Crippen LogP contribution in [-0.4, -0.2) is 60.7 Å². The predicted octanol–water partition coefficient (Wildman–Crippen LogP) is 2.28. The summed E-state index contributed by atoms with van der Waals surface area (Å²) in [6, 6.07) is -0.264. The zero-order valence-electron chi connectivity index (χ0n) is 16.7. The van der Waals surface area contributed by atoms with Gasteiger partial charge in [-0.25, -0.2) is 9.97 Å². The molecule has 0 unspecified atom stereocenters. The molecule has 8 heteroatoms. The van der Waals surface area contributed by atoms with E-state index in [4.69, 9.17) is 9.97 Å². The summed E-state index contributed by atoms with van der Waals surface area (Å²) in [5.41, 5.74) is 2.27. The number of hydrogen-bond acceptors (Lipinski definition) is 5. The summed E-state index contributed by atoms with van der Waals surface area (Å²) in [6.07, 6.45) is 7.49. The van der Waals surface area contributed by atoms with Crippen molar-refractivity contribution in [2.75, 3.05) is 38.6 Å². The molecule has 1 saturated heterocycles. The number of rotatable bonds is 5. The molecule has 0 bridgehead atoms. The van der Waals surface area contributed by atoms with Crippen LogP contribution in [0.25, 0.3) is 0 Å². The average Bonchev–Trinajstić information content (AvgIpc) is 3.46. The third kappa shape index (κ3) is 3.71. The lowest BCUT2D eigenvalue weighted by Gasteiger charge is -2.37. The van der Waals surface area contributed by atoms with E-state index in [1.54, 1.807) is 18.4 Å². The quantitative estimate of drug-likeness (QED) is 0.768. The summed E-state index contributed by atoms with van der Waals surface area (Å²) in [4.78, 5) is 12.2. The van der Waals surface area contributed by atoms with Crippen molar-refractivity contribution < 1.29 is 8.42 Å². The van der Waals surface area contributed by atoms with Crippen LogP contribution in [0.1, 0.15) is 61.6 Å². The molecule has 4 rings (SSSR count). The highest BCUT2D eigenvalue weighted by Gasteiger charge is 2.37. The van der Waals surface area contributed by atoms with E-state index >= 15 is 0 Å². The molecule has 7 nitrogen and oxygen atoms in total. The highest BCUT2D eigenvalue weighted by atomic mass is 32.2. The fourth-order valence-corrected chi connectivity index (χ4v) is 5.60. The summed E-state index contributed by atoms with van der Waals surface area (Å²) < 4.78 is 28.6. The zero-order chi connectivity index (χ0) is 19.2. The Morgan fingerprint density at radius 3 is 2.56 bits per heavy atom. The molecule has 1 aliphatic carbocycles. The van der Waals surface area contributed by atoms with E-state index in [1.807, 2.05) is 0 Å². The second-order valence-electron chi connectivity index (χ2n) is 8.37. The SMILES string of the molecule is Cc1nc([C@@H]2CCCCN2S(=O)(=O)N(C)C)nc2c1CCCN2CC1CC1. The fourth-order valence-electron chi connectivity index (χ4n) is 4.30. The minimum Gasteiger partial charge on any atom is -0.356 e. The second kappa shape index (κ2) is 7.29. The molecule has 2 aliphatic heterocycles. The maximum absolute atomic E-state index is 12.8. The van der Waals surface area contributed by atoms with Gasteiger partial charge in [-0.05, 0) is 51.4 Å². The zero-order valence-corrected chi connectivity index (χ0v) is 17.5. The van der Waals surface area contributed by atoms with Crippen LogP contribution in [0.2, 0.25) is 0 Å². The van der Waals surface area contributed by atoms with E-state index in [0.29, 0.717) is 12.4 Å². The van der Waals surface area contributed by atoms with E-state index in [9.17, 15) is 8.42 Å². The second-order valence-corrected chi connectivity index (χ2v) is 10.5. The maximum Gasteiger partial charge on any atom is 0.282 e. The number of aromatic nitrogens is 2. The lowest BCUT2D eigenvalue weighted by molar-refractivity contribution is 0.234. The number of anilines is 1. The monoisotopic (exact) mass is 393 g/mol. The van der Waals surface area contributed by atoms with Crippen LogP contribution in [0.4, 0.5) is 5.82 Å². The van der Waals surface area contributed by atoms with Gasteiger partial charge in [0.15, 0.2) is 0 Å². The van der Waals surface area contributed by atoms with Crippen molar-refractivity contribution in [2.24, 2.45) is 5.92 Å². The van der Waals surface area contributed by atoms with Crippen LogP contribution >= 0.6 is 0 Å². The summed E-state index contributed by atoms with van der Waals surface area (Å²) >= 11 is 0. The molecular weight excluding hydrogens is 362 g/mol. The number of hydrogen-bond donors (Lipinski definition) is 0. The standard InChI is InChI=1S/C19H31N5O2S/c1-14-16-7-6-11-23(13-15-9-10-15)19(16)21-18(20-14)17-8-4-5-12-24(17)27(25,26)22(2)3/h15,17H,4-13H2,1-3H3/t17-/m0/s1. The van der Waals surface area contributed by atoms with Gasteiger partial charge in [0.2, 0.25) is 0 Å². The van der Waals surface area contributed by atoms with Crippen molar-refractivity contribution in [3.8, 4) is 0 Å². The highest BCUT2D eigenvalue weighted by molar-refractivity contribution is 7.86. The van der Waals surface area contributed by atoms with Crippen molar-refractivity contribution in [3.05, 3.63) is 17.1 Å². The van der Waals surface area contributed by atoms with Crippen molar-refractivity contribution in [2.45, 2.75) is 57.9 Å². The van der Waals surface area contributed by atoms with Gasteiger partial charge < -0.3 is 4.90 Å². The van der Waals surface area contributed by atoms with E-state index in [1.165, 1.54) is 22.7 Å². The Morgan fingerprint density at radius 2 is 1.85 bits per heavy atom. The van der Waals surface area contributed by atoms with Crippen LogP contribution in [0.15, 0.2) is 0 Å². The first-order valence-corrected chi connectivity index (χ1v) is 11.6. The minimum absolute atomic E-state index is 0.264. The van der Waals surface area contributed by atoms with Gasteiger partial charge in [0.1, 0.15) is 11.6 Å². The Kier molecular flexibility index (Phi) is 5.16. The Balaban J connectivity index is 1.71. The normalized spacial score (nSPS) is 24.3. The molecule has 27 heavy (non-hydrogen) atoms. The third-order valence-corrected chi connectivity index (χ3v) is 8.00. The summed E-state index contributed by atoms with van der Waals surface area (Å²) in [7, 11) is -0.292. The minimum atomic E-state index is -3.48. The first kappa shape index (κ1) is 19.1. The maximum atomic E-state index is 12.8. The van der Waals surface area contributed by atoms with Gasteiger partial charge in [-0.3, -0.25) is 0 Å². The van der Waals surface area contributed by atoms with Crippen molar-refractivity contribution in [1.29, 1.82) is 0 Å².